The molecule has 1 rings (SSSR count). The lowest BCUT2D eigenvalue weighted by Crippen LogP contribution is -2.03. The number of rotatable bonds is 3. The standard InChI is InChI=1S/C9H6BrClF2N2/c10-6-4-15-7(1-2-14)8(9(12)13)5(6)3-11/h4,9H,1,3H2. The minimum Gasteiger partial charge on any atom is -0.259 e. The van der Waals surface area contributed by atoms with E-state index >= 15 is 0 Å². The minimum atomic E-state index is -2.67. The van der Waals surface area contributed by atoms with Gasteiger partial charge in [-0.1, -0.05) is 0 Å². The lowest BCUT2D eigenvalue weighted by molar-refractivity contribution is 0.149. The fourth-order valence-electron chi connectivity index (χ4n) is 1.19. The lowest BCUT2D eigenvalue weighted by Gasteiger charge is -2.11. The molecule has 0 saturated heterocycles. The Balaban J connectivity index is 3.36. The Kier molecular flexibility index (Phi) is 4.43. The van der Waals surface area contributed by atoms with Gasteiger partial charge in [-0.2, -0.15) is 5.26 Å². The van der Waals surface area contributed by atoms with Crippen molar-refractivity contribution in [2.75, 3.05) is 0 Å². The van der Waals surface area contributed by atoms with Gasteiger partial charge < -0.3 is 0 Å². The molecule has 0 amide bonds. The monoisotopic (exact) mass is 294 g/mol. The summed E-state index contributed by atoms with van der Waals surface area (Å²) in [5, 5.41) is 8.48. The van der Waals surface area contributed by atoms with Gasteiger partial charge in [-0.3, -0.25) is 4.98 Å². The third-order valence-corrected chi connectivity index (χ3v) is 2.81. The van der Waals surface area contributed by atoms with Crippen LogP contribution >= 0.6 is 27.5 Å². The topological polar surface area (TPSA) is 36.7 Å². The van der Waals surface area contributed by atoms with Crippen LogP contribution in [0.15, 0.2) is 10.7 Å². The van der Waals surface area contributed by atoms with E-state index in [9.17, 15) is 8.78 Å². The molecule has 0 atom stereocenters. The van der Waals surface area contributed by atoms with Gasteiger partial charge in [0.25, 0.3) is 6.43 Å². The van der Waals surface area contributed by atoms with Gasteiger partial charge in [0, 0.05) is 22.1 Å². The summed E-state index contributed by atoms with van der Waals surface area (Å²) in [6, 6.07) is 1.80. The number of hydrogen-bond acceptors (Lipinski definition) is 2. The molecule has 0 radical (unpaired) electrons. The van der Waals surface area contributed by atoms with Gasteiger partial charge in [-0.25, -0.2) is 8.78 Å². The van der Waals surface area contributed by atoms with E-state index in [0.29, 0.717) is 10.0 Å². The van der Waals surface area contributed by atoms with Gasteiger partial charge in [-0.15, -0.1) is 11.6 Å². The van der Waals surface area contributed by atoms with E-state index in [0.717, 1.165) is 0 Å². The highest BCUT2D eigenvalue weighted by Gasteiger charge is 2.20. The van der Waals surface area contributed by atoms with E-state index in [1.54, 1.807) is 6.07 Å². The third kappa shape index (κ3) is 2.64. The van der Waals surface area contributed by atoms with Gasteiger partial charge in [0.1, 0.15) is 0 Å². The van der Waals surface area contributed by atoms with Gasteiger partial charge >= 0.3 is 0 Å². The summed E-state index contributed by atoms with van der Waals surface area (Å²) >= 11 is 8.68. The predicted molar refractivity (Wildman–Crippen MR) is 55.8 cm³/mol. The number of hydrogen-bond donors (Lipinski definition) is 0. The Morgan fingerprint density at radius 3 is 2.73 bits per heavy atom. The number of alkyl halides is 3. The van der Waals surface area contributed by atoms with Crippen molar-refractivity contribution in [2.45, 2.75) is 18.7 Å². The van der Waals surface area contributed by atoms with Crippen LogP contribution < -0.4 is 0 Å². The van der Waals surface area contributed by atoms with E-state index in [4.69, 9.17) is 16.9 Å². The first kappa shape index (κ1) is 12.3. The number of halogens is 4. The molecule has 0 spiro atoms. The van der Waals surface area contributed by atoms with Crippen molar-refractivity contribution in [3.8, 4) is 6.07 Å². The molecule has 1 aromatic rings. The van der Waals surface area contributed by atoms with Gasteiger partial charge in [0.05, 0.1) is 18.2 Å². The molecule has 0 aliphatic rings. The summed E-state index contributed by atoms with van der Waals surface area (Å²) in [6.45, 7) is 0. The lowest BCUT2D eigenvalue weighted by atomic mass is 10.1. The van der Waals surface area contributed by atoms with Crippen LogP contribution in [-0.2, 0) is 12.3 Å². The van der Waals surface area contributed by atoms with Crippen molar-refractivity contribution in [3.63, 3.8) is 0 Å². The average Bonchev–Trinajstić information content (AvgIpc) is 2.20. The van der Waals surface area contributed by atoms with Crippen molar-refractivity contribution >= 4 is 27.5 Å². The number of nitrogens with zero attached hydrogens (tertiary/aromatic N) is 2. The molecule has 0 unspecified atom stereocenters. The fraction of sp³-hybridized carbons (Fsp3) is 0.333. The maximum atomic E-state index is 12.7. The number of pyridine rings is 1. The highest BCUT2D eigenvalue weighted by atomic mass is 79.9. The zero-order valence-corrected chi connectivity index (χ0v) is 9.82. The molecule has 0 aliphatic carbocycles. The third-order valence-electron chi connectivity index (χ3n) is 1.86. The second-order valence-electron chi connectivity index (χ2n) is 2.71. The Morgan fingerprint density at radius 2 is 2.27 bits per heavy atom. The molecular formula is C9H6BrClF2N2. The Morgan fingerprint density at radius 1 is 1.60 bits per heavy atom. The van der Waals surface area contributed by atoms with Crippen LogP contribution in [0.1, 0.15) is 23.2 Å². The van der Waals surface area contributed by atoms with Crippen LogP contribution in [0.3, 0.4) is 0 Å². The van der Waals surface area contributed by atoms with Crippen molar-refractivity contribution in [1.29, 1.82) is 5.26 Å². The summed E-state index contributed by atoms with van der Waals surface area (Å²) in [6.07, 6.45) is -1.43. The molecule has 0 bridgehead atoms. The summed E-state index contributed by atoms with van der Waals surface area (Å²) < 4.78 is 25.9. The fourth-order valence-corrected chi connectivity index (χ4v) is 2.10. The quantitative estimate of drug-likeness (QED) is 0.799. The molecule has 2 nitrogen and oxygen atoms in total. The van der Waals surface area contributed by atoms with Crippen LogP contribution in [0.4, 0.5) is 8.78 Å². The molecule has 6 heteroatoms. The van der Waals surface area contributed by atoms with Crippen LogP contribution in [-0.4, -0.2) is 4.98 Å². The maximum absolute atomic E-state index is 12.7. The Labute approximate surface area is 99.0 Å². The Hall–Kier alpha value is -0.730. The molecule has 0 aliphatic heterocycles. The minimum absolute atomic E-state index is 0.0405. The van der Waals surface area contributed by atoms with E-state index in [1.807, 2.05) is 0 Å². The molecule has 0 saturated carbocycles. The average molecular weight is 296 g/mol. The van der Waals surface area contributed by atoms with Crippen LogP contribution in [0.25, 0.3) is 0 Å². The zero-order chi connectivity index (χ0) is 11.4. The van der Waals surface area contributed by atoms with Gasteiger partial charge in [0.15, 0.2) is 0 Å². The maximum Gasteiger partial charge on any atom is 0.265 e. The van der Waals surface area contributed by atoms with Crippen molar-refractivity contribution in [1.82, 2.24) is 4.98 Å². The predicted octanol–water partition coefficient (Wildman–Crippen LogP) is 3.59. The molecule has 1 aromatic heterocycles. The first-order valence-corrected chi connectivity index (χ1v) is 5.31. The summed E-state index contributed by atoms with van der Waals surface area (Å²) in [4.78, 5) is 3.79. The normalized spacial score (nSPS) is 10.4. The number of nitriles is 1. The molecule has 0 N–H and O–H groups in total. The van der Waals surface area contributed by atoms with Crippen LogP contribution in [0, 0.1) is 11.3 Å². The summed E-state index contributed by atoms with van der Waals surface area (Å²) in [5.41, 5.74) is 0.152. The smallest absolute Gasteiger partial charge is 0.259 e. The Bertz CT molecular complexity index is 404. The van der Waals surface area contributed by atoms with Gasteiger partial charge in [-0.05, 0) is 21.5 Å². The highest BCUT2D eigenvalue weighted by Crippen LogP contribution is 2.31. The zero-order valence-electron chi connectivity index (χ0n) is 7.48. The van der Waals surface area contributed by atoms with Crippen molar-refractivity contribution in [3.05, 3.63) is 27.5 Å². The largest absolute Gasteiger partial charge is 0.265 e. The van der Waals surface area contributed by atoms with E-state index in [2.05, 4.69) is 20.9 Å². The highest BCUT2D eigenvalue weighted by molar-refractivity contribution is 9.10. The molecular weight excluding hydrogens is 289 g/mol. The molecule has 15 heavy (non-hydrogen) atoms. The number of aromatic nitrogens is 1. The van der Waals surface area contributed by atoms with Crippen LogP contribution in [0.2, 0.25) is 0 Å². The van der Waals surface area contributed by atoms with Crippen molar-refractivity contribution in [2.24, 2.45) is 0 Å². The van der Waals surface area contributed by atoms with Crippen molar-refractivity contribution < 1.29 is 8.78 Å². The SMILES string of the molecule is N#CCc1ncc(Br)c(CCl)c1C(F)F. The van der Waals surface area contributed by atoms with Gasteiger partial charge in [0.2, 0.25) is 0 Å². The van der Waals surface area contributed by atoms with Crippen LogP contribution in [0.5, 0.6) is 0 Å². The van der Waals surface area contributed by atoms with E-state index in [1.165, 1.54) is 6.20 Å². The summed E-state index contributed by atoms with van der Waals surface area (Å²) in [5.74, 6) is -0.0405. The second kappa shape index (κ2) is 5.38. The second-order valence-corrected chi connectivity index (χ2v) is 3.84. The van der Waals surface area contributed by atoms with E-state index < -0.39 is 6.43 Å². The molecule has 1 heterocycles. The molecule has 80 valence electrons. The molecule has 0 fully saturated rings. The first-order valence-electron chi connectivity index (χ1n) is 3.99. The van der Waals surface area contributed by atoms with E-state index in [-0.39, 0.29) is 23.6 Å². The first-order chi connectivity index (χ1) is 7.11. The molecule has 0 aromatic carbocycles. The summed E-state index contributed by atoms with van der Waals surface area (Å²) in [7, 11) is 0.